The van der Waals surface area contributed by atoms with E-state index in [1.807, 2.05) is 26.0 Å². The fraction of sp³-hybridized carbons (Fsp3) is 0.926. The summed E-state index contributed by atoms with van der Waals surface area (Å²) in [5, 5.41) is 10.3. The van der Waals surface area contributed by atoms with Gasteiger partial charge in [-0.05, 0) is 57.8 Å². The highest BCUT2D eigenvalue weighted by molar-refractivity contribution is 4.96. The maximum atomic E-state index is 10.3. The molecule has 0 spiro atoms. The Hall–Kier alpha value is -0.340. The van der Waals surface area contributed by atoms with Gasteiger partial charge >= 0.3 is 0 Å². The van der Waals surface area contributed by atoms with Crippen LogP contribution in [0.1, 0.15) is 119 Å². The molecule has 0 amide bonds. The Balaban J connectivity index is 2.21. The summed E-state index contributed by atoms with van der Waals surface area (Å²) in [4.78, 5) is 0. The van der Waals surface area contributed by atoms with Gasteiger partial charge in [-0.3, -0.25) is 0 Å². The molecule has 2 nitrogen and oxygen atoms in total. The smallest absolute Gasteiger partial charge is 0.0821 e. The summed E-state index contributed by atoms with van der Waals surface area (Å²) in [6.07, 6.45) is 18.2. The van der Waals surface area contributed by atoms with Gasteiger partial charge in [0.25, 0.3) is 0 Å². The third-order valence-electron chi connectivity index (χ3n) is 6.92. The van der Waals surface area contributed by atoms with E-state index in [-0.39, 0.29) is 5.60 Å². The summed E-state index contributed by atoms with van der Waals surface area (Å²) in [6, 6.07) is 0. The second-order valence-corrected chi connectivity index (χ2v) is 11.3. The number of aliphatic hydroxyl groups is 1. The molecule has 172 valence electrons. The second-order valence-electron chi connectivity index (χ2n) is 11.3. The molecular weight excluding hydrogens is 356 g/mol. The summed E-state index contributed by atoms with van der Waals surface area (Å²) in [5.74, 6) is 3.52. The van der Waals surface area contributed by atoms with Crippen molar-refractivity contribution in [1.82, 2.24) is 0 Å². The molecule has 0 radical (unpaired) electrons. The molecule has 1 N–H and O–H groups in total. The predicted octanol–water partition coefficient (Wildman–Crippen LogP) is 7.94. The van der Waals surface area contributed by atoms with Crippen LogP contribution in [0, 0.1) is 23.7 Å². The number of ether oxygens (including phenoxy) is 1. The Morgan fingerprint density at radius 2 is 1.59 bits per heavy atom. The highest BCUT2D eigenvalue weighted by atomic mass is 16.5. The van der Waals surface area contributed by atoms with Crippen LogP contribution >= 0.6 is 0 Å². The molecule has 0 bridgehead atoms. The van der Waals surface area contributed by atoms with E-state index in [9.17, 15) is 5.11 Å². The average molecular weight is 409 g/mol. The number of hydrogen-bond acceptors (Lipinski definition) is 2. The minimum atomic E-state index is -0.755. The molecule has 0 aliphatic heterocycles. The minimum absolute atomic E-state index is 0.0888. The zero-order valence-corrected chi connectivity index (χ0v) is 20.8. The molecule has 2 unspecified atom stereocenters. The van der Waals surface area contributed by atoms with Crippen molar-refractivity contribution in [1.29, 1.82) is 0 Å². The number of allylic oxidation sites excluding steroid dienone is 1. The summed E-state index contributed by atoms with van der Waals surface area (Å²) in [6.45, 7) is 16.0. The van der Waals surface area contributed by atoms with Gasteiger partial charge < -0.3 is 9.84 Å². The van der Waals surface area contributed by atoms with Gasteiger partial charge in [-0.25, -0.2) is 0 Å². The lowest BCUT2D eigenvalue weighted by atomic mass is 9.75. The van der Waals surface area contributed by atoms with Crippen molar-refractivity contribution in [3.63, 3.8) is 0 Å². The first-order valence-corrected chi connectivity index (χ1v) is 12.5. The SMILES string of the molecule is CC=CC(C)(O)CCOC(C)(C)CC1CCC(CCC(C)CCCC(C)C)CC1. The van der Waals surface area contributed by atoms with Crippen molar-refractivity contribution < 1.29 is 9.84 Å². The van der Waals surface area contributed by atoms with Crippen molar-refractivity contribution in [2.24, 2.45) is 23.7 Å². The van der Waals surface area contributed by atoms with E-state index < -0.39 is 5.60 Å². The first-order valence-electron chi connectivity index (χ1n) is 12.5. The standard InChI is InChI=1S/C27H52O2/c1-8-18-27(7,28)19-20-29-26(5,6)21-25-16-14-24(15-17-25)13-12-23(4)11-9-10-22(2)3/h8,18,22-25,28H,9-17,19-21H2,1-7H3. The highest BCUT2D eigenvalue weighted by Gasteiger charge is 2.29. The van der Waals surface area contributed by atoms with Crippen molar-refractivity contribution in [3.8, 4) is 0 Å². The Kier molecular flexibility index (Phi) is 12.1. The Morgan fingerprint density at radius 1 is 0.966 bits per heavy atom. The summed E-state index contributed by atoms with van der Waals surface area (Å²) >= 11 is 0. The van der Waals surface area contributed by atoms with Gasteiger partial charge in [0.05, 0.1) is 17.8 Å². The van der Waals surface area contributed by atoms with Gasteiger partial charge in [0.15, 0.2) is 0 Å². The van der Waals surface area contributed by atoms with E-state index in [1.165, 1.54) is 57.8 Å². The van der Waals surface area contributed by atoms with E-state index in [4.69, 9.17) is 4.74 Å². The highest BCUT2D eigenvalue weighted by Crippen LogP contribution is 2.37. The van der Waals surface area contributed by atoms with Crippen molar-refractivity contribution in [2.45, 2.75) is 130 Å². The second kappa shape index (κ2) is 13.2. The lowest BCUT2D eigenvalue weighted by molar-refractivity contribution is -0.0560. The zero-order chi connectivity index (χ0) is 21.9. The summed E-state index contributed by atoms with van der Waals surface area (Å²) in [5.41, 5.74) is -0.844. The van der Waals surface area contributed by atoms with E-state index in [0.717, 1.165) is 30.1 Å². The molecule has 0 aromatic heterocycles. The van der Waals surface area contributed by atoms with Crippen LogP contribution in [0.3, 0.4) is 0 Å². The minimum Gasteiger partial charge on any atom is -0.386 e. The molecule has 1 saturated carbocycles. The van der Waals surface area contributed by atoms with Gasteiger partial charge in [0.1, 0.15) is 0 Å². The van der Waals surface area contributed by atoms with E-state index >= 15 is 0 Å². The molecular formula is C27H52O2. The maximum Gasteiger partial charge on any atom is 0.0821 e. The van der Waals surface area contributed by atoms with E-state index in [0.29, 0.717) is 13.0 Å². The van der Waals surface area contributed by atoms with Crippen LogP contribution in [-0.4, -0.2) is 22.9 Å². The summed E-state index contributed by atoms with van der Waals surface area (Å²) < 4.78 is 6.18. The molecule has 1 fully saturated rings. The van der Waals surface area contributed by atoms with Crippen LogP contribution in [-0.2, 0) is 4.74 Å². The van der Waals surface area contributed by atoms with Gasteiger partial charge in [-0.2, -0.15) is 0 Å². The normalized spacial score (nSPS) is 24.2. The van der Waals surface area contributed by atoms with Gasteiger partial charge in [0, 0.05) is 6.42 Å². The largest absolute Gasteiger partial charge is 0.386 e. The summed E-state index contributed by atoms with van der Waals surface area (Å²) in [7, 11) is 0. The monoisotopic (exact) mass is 408 g/mol. The predicted molar refractivity (Wildman–Crippen MR) is 127 cm³/mol. The van der Waals surface area contributed by atoms with Gasteiger partial charge in [-0.1, -0.05) is 90.7 Å². The zero-order valence-electron chi connectivity index (χ0n) is 20.8. The van der Waals surface area contributed by atoms with Gasteiger partial charge in [0.2, 0.25) is 0 Å². The fourth-order valence-electron chi connectivity index (χ4n) is 4.99. The Bertz CT molecular complexity index is 441. The Labute approximate surface area is 182 Å². The van der Waals surface area contributed by atoms with Crippen molar-refractivity contribution in [2.75, 3.05) is 6.61 Å². The molecule has 1 aliphatic carbocycles. The lowest BCUT2D eigenvalue weighted by Crippen LogP contribution is -2.32. The fourth-order valence-corrected chi connectivity index (χ4v) is 4.99. The molecule has 29 heavy (non-hydrogen) atoms. The van der Waals surface area contributed by atoms with Gasteiger partial charge in [-0.15, -0.1) is 0 Å². The number of rotatable bonds is 14. The van der Waals surface area contributed by atoms with E-state index in [2.05, 4.69) is 34.6 Å². The van der Waals surface area contributed by atoms with Crippen LogP contribution < -0.4 is 0 Å². The topological polar surface area (TPSA) is 29.5 Å². The average Bonchev–Trinajstić information content (AvgIpc) is 2.60. The first-order chi connectivity index (χ1) is 13.5. The van der Waals surface area contributed by atoms with Crippen LogP contribution in [0.25, 0.3) is 0 Å². The third kappa shape index (κ3) is 12.8. The molecule has 2 heteroatoms. The maximum absolute atomic E-state index is 10.3. The molecule has 0 heterocycles. The van der Waals surface area contributed by atoms with Crippen molar-refractivity contribution >= 4 is 0 Å². The van der Waals surface area contributed by atoms with Crippen LogP contribution in [0.5, 0.6) is 0 Å². The van der Waals surface area contributed by atoms with Crippen LogP contribution in [0.2, 0.25) is 0 Å². The molecule has 2 atom stereocenters. The quantitative estimate of drug-likeness (QED) is 0.296. The van der Waals surface area contributed by atoms with Crippen molar-refractivity contribution in [3.05, 3.63) is 12.2 Å². The molecule has 0 aromatic rings. The molecule has 0 saturated heterocycles. The number of hydrogen-bond donors (Lipinski definition) is 1. The van der Waals surface area contributed by atoms with Crippen LogP contribution in [0.15, 0.2) is 12.2 Å². The first kappa shape index (κ1) is 26.7. The third-order valence-corrected chi connectivity index (χ3v) is 6.92. The molecule has 0 aromatic carbocycles. The lowest BCUT2D eigenvalue weighted by Gasteiger charge is -2.35. The Morgan fingerprint density at radius 3 is 2.17 bits per heavy atom. The van der Waals surface area contributed by atoms with Crippen LogP contribution in [0.4, 0.5) is 0 Å². The van der Waals surface area contributed by atoms with E-state index in [1.54, 1.807) is 0 Å². The molecule has 1 aliphatic rings. The molecule has 1 rings (SSSR count).